The minimum atomic E-state index is -1.90. The molecule has 2 rings (SSSR count). The minimum absolute atomic E-state index is 0.533. The van der Waals surface area contributed by atoms with Gasteiger partial charge in [-0.2, -0.15) is 0 Å². The van der Waals surface area contributed by atoms with E-state index in [2.05, 4.69) is 4.74 Å². The van der Waals surface area contributed by atoms with Gasteiger partial charge in [-0.3, -0.25) is 4.79 Å². The van der Waals surface area contributed by atoms with Gasteiger partial charge in [0, 0.05) is 6.08 Å². The zero-order valence-electron chi connectivity index (χ0n) is 11.4. The van der Waals surface area contributed by atoms with Gasteiger partial charge in [-0.05, 0) is 11.6 Å². The van der Waals surface area contributed by atoms with E-state index >= 15 is 0 Å². The summed E-state index contributed by atoms with van der Waals surface area (Å²) < 4.78 is 9.27. The first-order valence-electron chi connectivity index (χ1n) is 6.49. The molecule has 116 valence electrons. The molecule has 1 aromatic rings. The molecule has 0 aliphatic carbocycles. The molecule has 0 bridgehead atoms. The lowest BCUT2D eigenvalue weighted by Gasteiger charge is -2.14. The highest BCUT2D eigenvalue weighted by atomic mass is 16.6. The quantitative estimate of drug-likeness (QED) is 0.427. The molecule has 7 heteroatoms. The van der Waals surface area contributed by atoms with Gasteiger partial charge in [-0.15, -0.1) is 0 Å². The van der Waals surface area contributed by atoms with E-state index in [1.165, 1.54) is 12.2 Å². The number of ketones is 1. The monoisotopic (exact) mass is 306 g/mol. The topological polar surface area (TPSA) is 110 Å². The van der Waals surface area contributed by atoms with Crippen LogP contribution in [-0.2, 0) is 23.9 Å². The maximum Gasteiger partial charge on any atom is 0.343 e. The lowest BCUT2D eigenvalue weighted by atomic mass is 10.1. The molecule has 0 radical (unpaired) electrons. The smallest absolute Gasteiger partial charge is 0.343 e. The van der Waals surface area contributed by atoms with Crippen LogP contribution < -0.4 is 0 Å². The number of aliphatic hydroxyl groups excluding tert-OH is 2. The summed E-state index contributed by atoms with van der Waals surface area (Å²) >= 11 is 0. The van der Waals surface area contributed by atoms with Crippen molar-refractivity contribution in [1.82, 2.24) is 0 Å². The number of hydrogen-bond acceptors (Lipinski definition) is 7. The molecule has 1 fully saturated rings. The fraction of sp³-hybridized carbons (Fsp3) is 0.267. The molecular weight excluding hydrogens is 292 g/mol. The number of benzene rings is 1. The summed E-state index contributed by atoms with van der Waals surface area (Å²) in [6.07, 6.45) is -2.25. The Morgan fingerprint density at radius 1 is 1.32 bits per heavy atom. The molecule has 1 saturated heterocycles. The van der Waals surface area contributed by atoms with Crippen LogP contribution in [0.2, 0.25) is 0 Å². The van der Waals surface area contributed by atoms with E-state index in [0.29, 0.717) is 0 Å². The van der Waals surface area contributed by atoms with Crippen LogP contribution in [0.4, 0.5) is 0 Å². The van der Waals surface area contributed by atoms with Crippen molar-refractivity contribution in [3.63, 3.8) is 0 Å². The standard InChI is InChI=1S/C15H14O7/c16-10(14-12(18)13(19)15(20)22-14)8-21-11(17)7-6-9-4-2-1-3-5-9/h1-7,10,13-14,16,19H,8H2. The molecule has 1 aromatic carbocycles. The zero-order valence-corrected chi connectivity index (χ0v) is 11.4. The van der Waals surface area contributed by atoms with Gasteiger partial charge in [0.05, 0.1) is 0 Å². The summed E-state index contributed by atoms with van der Waals surface area (Å²) in [5.74, 6) is -2.79. The summed E-state index contributed by atoms with van der Waals surface area (Å²) in [6.45, 7) is -0.533. The molecule has 0 spiro atoms. The summed E-state index contributed by atoms with van der Waals surface area (Å²) in [4.78, 5) is 33.9. The number of hydrogen-bond donors (Lipinski definition) is 2. The van der Waals surface area contributed by atoms with Crippen molar-refractivity contribution < 1.29 is 34.1 Å². The summed E-state index contributed by atoms with van der Waals surface area (Å²) in [6, 6.07) is 9.02. The van der Waals surface area contributed by atoms with E-state index in [0.717, 1.165) is 5.56 Å². The molecule has 2 N–H and O–H groups in total. The van der Waals surface area contributed by atoms with Crippen molar-refractivity contribution >= 4 is 23.8 Å². The number of ether oxygens (including phenoxy) is 2. The van der Waals surface area contributed by atoms with E-state index in [1.807, 2.05) is 6.07 Å². The van der Waals surface area contributed by atoms with Gasteiger partial charge in [-0.1, -0.05) is 30.3 Å². The minimum Gasteiger partial charge on any atom is -0.460 e. The van der Waals surface area contributed by atoms with E-state index in [1.54, 1.807) is 24.3 Å². The van der Waals surface area contributed by atoms with Crippen LogP contribution >= 0.6 is 0 Å². The van der Waals surface area contributed by atoms with E-state index < -0.39 is 42.6 Å². The maximum atomic E-state index is 11.5. The van der Waals surface area contributed by atoms with Gasteiger partial charge >= 0.3 is 11.9 Å². The number of cyclic esters (lactones) is 1. The fourth-order valence-electron chi connectivity index (χ4n) is 1.82. The van der Waals surface area contributed by atoms with Gasteiger partial charge in [0.15, 0.2) is 6.10 Å². The molecule has 0 aromatic heterocycles. The first-order valence-corrected chi connectivity index (χ1v) is 6.49. The number of rotatable bonds is 5. The molecule has 3 atom stereocenters. The Kier molecular flexibility index (Phi) is 5.03. The number of carbonyl (C=O) groups excluding carboxylic acids is 3. The Bertz CT molecular complexity index is 593. The van der Waals surface area contributed by atoms with Crippen molar-refractivity contribution in [2.24, 2.45) is 0 Å². The fourth-order valence-corrected chi connectivity index (χ4v) is 1.82. The third-order valence-electron chi connectivity index (χ3n) is 2.97. The second kappa shape index (κ2) is 6.97. The molecule has 0 amide bonds. The number of esters is 2. The third-order valence-corrected chi connectivity index (χ3v) is 2.97. The molecule has 0 saturated carbocycles. The van der Waals surface area contributed by atoms with Gasteiger partial charge < -0.3 is 19.7 Å². The zero-order chi connectivity index (χ0) is 16.1. The number of carbonyl (C=O) groups is 3. The van der Waals surface area contributed by atoms with Crippen LogP contribution in [0.5, 0.6) is 0 Å². The average Bonchev–Trinajstić information content (AvgIpc) is 2.79. The Morgan fingerprint density at radius 2 is 2.00 bits per heavy atom. The Morgan fingerprint density at radius 3 is 2.59 bits per heavy atom. The van der Waals surface area contributed by atoms with Crippen LogP contribution in [0.3, 0.4) is 0 Å². The highest BCUT2D eigenvalue weighted by Gasteiger charge is 2.46. The Labute approximate surface area is 125 Å². The molecule has 1 heterocycles. The van der Waals surface area contributed by atoms with E-state index in [9.17, 15) is 19.5 Å². The van der Waals surface area contributed by atoms with Crippen LogP contribution in [-0.4, -0.2) is 52.9 Å². The van der Waals surface area contributed by atoms with Crippen molar-refractivity contribution in [3.05, 3.63) is 42.0 Å². The van der Waals surface area contributed by atoms with Gasteiger partial charge in [0.2, 0.25) is 11.9 Å². The van der Waals surface area contributed by atoms with Crippen molar-refractivity contribution in [3.8, 4) is 0 Å². The Balaban J connectivity index is 1.82. The molecular formula is C15H14O7. The third kappa shape index (κ3) is 3.78. The second-order valence-electron chi connectivity index (χ2n) is 4.60. The number of Topliss-reactive ketones (excluding diaryl/α,β-unsaturated/α-hetero) is 1. The SMILES string of the molecule is O=C(C=Cc1ccccc1)OCC(O)C1OC(=O)C(O)C1=O. The molecule has 22 heavy (non-hydrogen) atoms. The van der Waals surface area contributed by atoms with Crippen molar-refractivity contribution in [1.29, 1.82) is 0 Å². The molecule has 3 unspecified atom stereocenters. The molecule has 1 aliphatic rings. The van der Waals surface area contributed by atoms with Gasteiger partial charge in [0.1, 0.15) is 12.7 Å². The van der Waals surface area contributed by atoms with Crippen LogP contribution in [0.15, 0.2) is 36.4 Å². The predicted octanol–water partition coefficient (Wildman–Crippen LogP) is -0.541. The lowest BCUT2D eigenvalue weighted by Crippen LogP contribution is -2.37. The van der Waals surface area contributed by atoms with Gasteiger partial charge in [0.25, 0.3) is 0 Å². The summed E-state index contributed by atoms with van der Waals surface area (Å²) in [5, 5.41) is 18.8. The van der Waals surface area contributed by atoms with E-state index in [4.69, 9.17) is 9.84 Å². The number of aliphatic hydroxyl groups is 2. The maximum absolute atomic E-state index is 11.5. The largest absolute Gasteiger partial charge is 0.460 e. The highest BCUT2D eigenvalue weighted by Crippen LogP contribution is 2.15. The molecule has 1 aliphatic heterocycles. The predicted molar refractivity (Wildman–Crippen MR) is 73.3 cm³/mol. The first kappa shape index (κ1) is 15.9. The van der Waals surface area contributed by atoms with Gasteiger partial charge in [-0.25, -0.2) is 9.59 Å². The molecule has 7 nitrogen and oxygen atoms in total. The summed E-state index contributed by atoms with van der Waals surface area (Å²) in [7, 11) is 0. The lowest BCUT2D eigenvalue weighted by molar-refractivity contribution is -0.154. The Hall–Kier alpha value is -2.51. The van der Waals surface area contributed by atoms with Crippen molar-refractivity contribution in [2.75, 3.05) is 6.61 Å². The highest BCUT2D eigenvalue weighted by molar-refractivity contribution is 6.09. The van der Waals surface area contributed by atoms with Crippen molar-refractivity contribution in [2.45, 2.75) is 18.3 Å². The second-order valence-corrected chi connectivity index (χ2v) is 4.60. The normalized spacial score (nSPS) is 22.6. The first-order chi connectivity index (χ1) is 10.5. The average molecular weight is 306 g/mol. The van der Waals surface area contributed by atoms with Crippen LogP contribution in [0.1, 0.15) is 5.56 Å². The van der Waals surface area contributed by atoms with E-state index in [-0.39, 0.29) is 0 Å². The summed E-state index contributed by atoms with van der Waals surface area (Å²) in [5.41, 5.74) is 0.794. The van der Waals surface area contributed by atoms with Crippen LogP contribution in [0.25, 0.3) is 6.08 Å². The van der Waals surface area contributed by atoms with Crippen LogP contribution in [0, 0.1) is 0 Å².